The molecule has 0 rings (SSSR count). The SMILES string of the molecule is CCCNCC(C)=N. The van der Waals surface area contributed by atoms with Gasteiger partial charge in [-0.3, -0.25) is 0 Å². The second-order valence-electron chi connectivity index (χ2n) is 1.96. The van der Waals surface area contributed by atoms with Crippen LogP contribution in [0.4, 0.5) is 0 Å². The molecule has 0 bridgehead atoms. The largest absolute Gasteiger partial charge is 0.312 e. The van der Waals surface area contributed by atoms with E-state index in [1.807, 2.05) is 6.92 Å². The van der Waals surface area contributed by atoms with Crippen molar-refractivity contribution in [2.75, 3.05) is 13.1 Å². The molecule has 0 radical (unpaired) electrons. The number of hydrogen-bond donors (Lipinski definition) is 2. The minimum absolute atomic E-state index is 0.707. The zero-order valence-corrected chi connectivity index (χ0v) is 5.62. The van der Waals surface area contributed by atoms with E-state index < -0.39 is 0 Å². The first-order valence-electron chi connectivity index (χ1n) is 3.02. The molecule has 0 fully saturated rings. The smallest absolute Gasteiger partial charge is 0.0329 e. The van der Waals surface area contributed by atoms with Gasteiger partial charge in [-0.2, -0.15) is 0 Å². The summed E-state index contributed by atoms with van der Waals surface area (Å²) >= 11 is 0. The summed E-state index contributed by atoms with van der Waals surface area (Å²) in [5.41, 5.74) is 0.707. The molecule has 2 N–H and O–H groups in total. The summed E-state index contributed by atoms with van der Waals surface area (Å²) in [7, 11) is 0. The zero-order chi connectivity index (χ0) is 6.41. The second kappa shape index (κ2) is 4.78. The topological polar surface area (TPSA) is 35.9 Å². The molecule has 0 heterocycles. The molecule has 0 aliphatic carbocycles. The van der Waals surface area contributed by atoms with Crippen molar-refractivity contribution < 1.29 is 0 Å². The molecule has 0 aromatic carbocycles. The Balaban J connectivity index is 2.82. The highest BCUT2D eigenvalue weighted by Gasteiger charge is 1.83. The van der Waals surface area contributed by atoms with Gasteiger partial charge in [0.25, 0.3) is 0 Å². The van der Waals surface area contributed by atoms with Gasteiger partial charge in [-0.1, -0.05) is 6.92 Å². The van der Waals surface area contributed by atoms with Gasteiger partial charge in [0.1, 0.15) is 0 Å². The molecule has 2 heteroatoms. The van der Waals surface area contributed by atoms with E-state index >= 15 is 0 Å². The van der Waals surface area contributed by atoms with Gasteiger partial charge in [-0.25, -0.2) is 0 Å². The van der Waals surface area contributed by atoms with Gasteiger partial charge in [0.2, 0.25) is 0 Å². The Morgan fingerprint density at radius 2 is 2.25 bits per heavy atom. The molecule has 0 unspecified atom stereocenters. The lowest BCUT2D eigenvalue weighted by Crippen LogP contribution is -2.20. The third-order valence-corrected chi connectivity index (χ3v) is 0.817. The Morgan fingerprint density at radius 1 is 1.62 bits per heavy atom. The van der Waals surface area contributed by atoms with Crippen LogP contribution in [0.15, 0.2) is 0 Å². The Kier molecular flexibility index (Phi) is 4.56. The van der Waals surface area contributed by atoms with E-state index in [2.05, 4.69) is 12.2 Å². The van der Waals surface area contributed by atoms with Crippen LogP contribution in [-0.2, 0) is 0 Å². The second-order valence-corrected chi connectivity index (χ2v) is 1.96. The standard InChI is InChI=1S/C6H14N2/c1-3-4-8-5-6(2)7/h7-8H,3-5H2,1-2H3. The molecule has 0 saturated heterocycles. The Bertz CT molecular complexity index is 68.9. The van der Waals surface area contributed by atoms with Crippen LogP contribution < -0.4 is 5.32 Å². The minimum atomic E-state index is 0.707. The lowest BCUT2D eigenvalue weighted by atomic mass is 10.4. The van der Waals surface area contributed by atoms with Gasteiger partial charge in [-0.15, -0.1) is 0 Å². The van der Waals surface area contributed by atoms with Crippen LogP contribution in [0.5, 0.6) is 0 Å². The molecule has 0 spiro atoms. The third kappa shape index (κ3) is 5.63. The molecular weight excluding hydrogens is 100 g/mol. The van der Waals surface area contributed by atoms with E-state index in [1.165, 1.54) is 0 Å². The van der Waals surface area contributed by atoms with E-state index in [0.29, 0.717) is 5.71 Å². The van der Waals surface area contributed by atoms with Crippen molar-refractivity contribution in [3.8, 4) is 0 Å². The maximum atomic E-state index is 7.01. The molecular formula is C6H14N2. The quantitative estimate of drug-likeness (QED) is 0.415. The van der Waals surface area contributed by atoms with E-state index in [0.717, 1.165) is 19.5 Å². The molecule has 0 amide bonds. The number of nitrogens with one attached hydrogen (secondary N) is 2. The maximum absolute atomic E-state index is 7.01. The first-order valence-corrected chi connectivity index (χ1v) is 3.02. The van der Waals surface area contributed by atoms with Crippen LogP contribution >= 0.6 is 0 Å². The summed E-state index contributed by atoms with van der Waals surface area (Å²) in [5, 5.41) is 10.1. The lowest BCUT2D eigenvalue weighted by molar-refractivity contribution is 0.739. The summed E-state index contributed by atoms with van der Waals surface area (Å²) in [5.74, 6) is 0. The number of hydrogen-bond acceptors (Lipinski definition) is 2. The van der Waals surface area contributed by atoms with Crippen LogP contribution in [0.3, 0.4) is 0 Å². The van der Waals surface area contributed by atoms with Gasteiger partial charge >= 0.3 is 0 Å². The fourth-order valence-corrected chi connectivity index (χ4v) is 0.453. The van der Waals surface area contributed by atoms with Crippen molar-refractivity contribution in [2.45, 2.75) is 20.3 Å². The van der Waals surface area contributed by atoms with Crippen molar-refractivity contribution in [3.05, 3.63) is 0 Å². The summed E-state index contributed by atoms with van der Waals surface area (Å²) in [6, 6.07) is 0. The van der Waals surface area contributed by atoms with Gasteiger partial charge < -0.3 is 10.7 Å². The highest BCUT2D eigenvalue weighted by atomic mass is 14.9. The first kappa shape index (κ1) is 7.63. The summed E-state index contributed by atoms with van der Waals surface area (Å²) < 4.78 is 0. The van der Waals surface area contributed by atoms with E-state index in [4.69, 9.17) is 5.41 Å². The Labute approximate surface area is 50.8 Å². The van der Waals surface area contributed by atoms with E-state index in [9.17, 15) is 0 Å². The van der Waals surface area contributed by atoms with Crippen molar-refractivity contribution in [3.63, 3.8) is 0 Å². The molecule has 0 saturated carbocycles. The van der Waals surface area contributed by atoms with Gasteiger partial charge in [0.05, 0.1) is 0 Å². The molecule has 0 atom stereocenters. The summed E-state index contributed by atoms with van der Waals surface area (Å²) in [6.45, 7) is 5.69. The monoisotopic (exact) mass is 114 g/mol. The maximum Gasteiger partial charge on any atom is 0.0329 e. The van der Waals surface area contributed by atoms with Crippen molar-refractivity contribution in [1.82, 2.24) is 5.32 Å². The van der Waals surface area contributed by atoms with Crippen molar-refractivity contribution in [2.24, 2.45) is 0 Å². The van der Waals surface area contributed by atoms with Crippen LogP contribution in [0.1, 0.15) is 20.3 Å². The Hall–Kier alpha value is -0.370. The summed E-state index contributed by atoms with van der Waals surface area (Å²) in [6.07, 6.45) is 1.15. The first-order chi connectivity index (χ1) is 3.77. The fraction of sp³-hybridized carbons (Fsp3) is 0.833. The van der Waals surface area contributed by atoms with Crippen molar-refractivity contribution in [1.29, 1.82) is 5.41 Å². The van der Waals surface area contributed by atoms with Gasteiger partial charge in [0, 0.05) is 12.3 Å². The lowest BCUT2D eigenvalue weighted by Gasteiger charge is -1.97. The predicted octanol–water partition coefficient (Wildman–Crippen LogP) is 1.03. The minimum Gasteiger partial charge on any atom is -0.312 e. The van der Waals surface area contributed by atoms with E-state index in [1.54, 1.807) is 0 Å². The molecule has 48 valence electrons. The Morgan fingerprint density at radius 3 is 2.62 bits per heavy atom. The molecule has 0 aromatic rings. The third-order valence-electron chi connectivity index (χ3n) is 0.817. The van der Waals surface area contributed by atoms with Crippen LogP contribution in [0, 0.1) is 5.41 Å². The average Bonchev–Trinajstić information content (AvgIpc) is 1.66. The van der Waals surface area contributed by atoms with E-state index in [-0.39, 0.29) is 0 Å². The normalized spacial score (nSPS) is 9.25. The molecule has 8 heavy (non-hydrogen) atoms. The molecule has 0 aliphatic heterocycles. The van der Waals surface area contributed by atoms with Gasteiger partial charge in [-0.05, 0) is 19.9 Å². The van der Waals surface area contributed by atoms with Crippen LogP contribution in [0.25, 0.3) is 0 Å². The fourth-order valence-electron chi connectivity index (χ4n) is 0.453. The van der Waals surface area contributed by atoms with Crippen LogP contribution in [0.2, 0.25) is 0 Å². The summed E-state index contributed by atoms with van der Waals surface area (Å²) in [4.78, 5) is 0. The zero-order valence-electron chi connectivity index (χ0n) is 5.62. The van der Waals surface area contributed by atoms with Crippen molar-refractivity contribution >= 4 is 5.71 Å². The molecule has 0 aromatic heterocycles. The molecule has 0 aliphatic rings. The van der Waals surface area contributed by atoms with Gasteiger partial charge in [0.15, 0.2) is 0 Å². The molecule has 2 nitrogen and oxygen atoms in total. The average molecular weight is 114 g/mol. The highest BCUT2D eigenvalue weighted by Crippen LogP contribution is 1.69. The highest BCUT2D eigenvalue weighted by molar-refractivity contribution is 5.80. The predicted molar refractivity (Wildman–Crippen MR) is 36.6 cm³/mol. The van der Waals surface area contributed by atoms with Crippen LogP contribution in [-0.4, -0.2) is 18.8 Å². The number of rotatable bonds is 4.